The van der Waals surface area contributed by atoms with Gasteiger partial charge in [0.1, 0.15) is 35.7 Å². The molecule has 47 heavy (non-hydrogen) atoms. The smallest absolute Gasteiger partial charge is 0.247 e. The SMILES string of the molecule is C=CC(=O)Nc1cc2c(Nc3cc(C)c(Oc4ccn5ncnc5c4)cc3OC)ncnc2cc1N1CCC(N2CCOCC2)CC1. The number of morpholine rings is 1. The number of fused-ring (bicyclic) bond motifs is 2. The fraction of sp³-hybridized carbons (Fsp3) is 0.324. The molecule has 13 heteroatoms. The van der Waals surface area contributed by atoms with Crippen LogP contribution in [0.5, 0.6) is 17.2 Å². The summed E-state index contributed by atoms with van der Waals surface area (Å²) in [4.78, 5) is 30.9. The number of benzene rings is 2. The van der Waals surface area contributed by atoms with Crippen LogP contribution in [-0.2, 0) is 9.53 Å². The maximum absolute atomic E-state index is 12.6. The highest BCUT2D eigenvalue weighted by atomic mass is 16.5. The summed E-state index contributed by atoms with van der Waals surface area (Å²) in [7, 11) is 1.61. The number of carbonyl (C=O) groups is 1. The third kappa shape index (κ3) is 6.40. The molecule has 0 spiro atoms. The number of hydrogen-bond donors (Lipinski definition) is 2. The second-order valence-electron chi connectivity index (χ2n) is 11.6. The number of pyridine rings is 1. The number of aromatic nitrogens is 5. The van der Waals surface area contributed by atoms with E-state index < -0.39 is 0 Å². The van der Waals surface area contributed by atoms with Gasteiger partial charge in [-0.25, -0.2) is 19.5 Å². The molecule has 3 aromatic heterocycles. The average Bonchev–Trinajstić information content (AvgIpc) is 3.58. The van der Waals surface area contributed by atoms with Gasteiger partial charge in [-0.05, 0) is 55.7 Å². The lowest BCUT2D eigenvalue weighted by Crippen LogP contribution is -2.49. The van der Waals surface area contributed by atoms with E-state index in [-0.39, 0.29) is 5.91 Å². The molecule has 0 atom stereocenters. The summed E-state index contributed by atoms with van der Waals surface area (Å²) >= 11 is 0. The molecule has 0 unspecified atom stereocenters. The van der Waals surface area contributed by atoms with E-state index in [4.69, 9.17) is 14.2 Å². The van der Waals surface area contributed by atoms with E-state index in [9.17, 15) is 4.79 Å². The summed E-state index contributed by atoms with van der Waals surface area (Å²) in [6.07, 6.45) is 8.19. The number of amides is 1. The Morgan fingerprint density at radius 1 is 1.00 bits per heavy atom. The number of ether oxygens (including phenoxy) is 3. The van der Waals surface area contributed by atoms with Gasteiger partial charge in [0.25, 0.3) is 0 Å². The molecule has 242 valence electrons. The Kier molecular flexibility index (Phi) is 8.55. The summed E-state index contributed by atoms with van der Waals surface area (Å²) in [6.45, 7) is 10.9. The number of nitrogens with one attached hydrogen (secondary N) is 2. The number of aryl methyl sites for hydroxylation is 1. The van der Waals surface area contributed by atoms with Gasteiger partial charge in [-0.3, -0.25) is 9.69 Å². The van der Waals surface area contributed by atoms with E-state index in [1.807, 2.05) is 43.3 Å². The zero-order valence-corrected chi connectivity index (χ0v) is 26.5. The molecule has 2 aromatic carbocycles. The third-order valence-corrected chi connectivity index (χ3v) is 8.79. The molecule has 2 aliphatic heterocycles. The van der Waals surface area contributed by atoms with Crippen LogP contribution in [0.3, 0.4) is 0 Å². The minimum absolute atomic E-state index is 0.281. The Morgan fingerprint density at radius 2 is 1.83 bits per heavy atom. The molecule has 5 heterocycles. The van der Waals surface area contributed by atoms with Crippen molar-refractivity contribution < 1.29 is 19.0 Å². The Balaban J connectivity index is 1.17. The summed E-state index contributed by atoms with van der Waals surface area (Å²) in [5.74, 6) is 2.14. The topological polar surface area (TPSA) is 131 Å². The third-order valence-electron chi connectivity index (χ3n) is 8.79. The molecule has 2 saturated heterocycles. The van der Waals surface area contributed by atoms with Crippen LogP contribution in [0.2, 0.25) is 0 Å². The lowest BCUT2D eigenvalue weighted by molar-refractivity contribution is -0.111. The Morgan fingerprint density at radius 3 is 2.62 bits per heavy atom. The molecular formula is C34H37N9O4. The Bertz CT molecular complexity index is 1930. The van der Waals surface area contributed by atoms with Crippen LogP contribution in [0.4, 0.5) is 22.9 Å². The first-order valence-electron chi connectivity index (χ1n) is 15.7. The molecule has 5 aromatic rings. The van der Waals surface area contributed by atoms with Crippen molar-refractivity contribution in [3.8, 4) is 17.2 Å². The minimum Gasteiger partial charge on any atom is -0.494 e. The van der Waals surface area contributed by atoms with Crippen molar-refractivity contribution in [2.24, 2.45) is 0 Å². The van der Waals surface area contributed by atoms with Gasteiger partial charge in [-0.2, -0.15) is 5.10 Å². The predicted molar refractivity (Wildman–Crippen MR) is 180 cm³/mol. The second-order valence-corrected chi connectivity index (χ2v) is 11.6. The van der Waals surface area contributed by atoms with Crippen molar-refractivity contribution in [3.05, 3.63) is 73.5 Å². The van der Waals surface area contributed by atoms with Crippen molar-refractivity contribution in [3.63, 3.8) is 0 Å². The first-order valence-corrected chi connectivity index (χ1v) is 15.7. The second kappa shape index (κ2) is 13.2. The summed E-state index contributed by atoms with van der Waals surface area (Å²) in [5.41, 5.74) is 4.64. The number of methoxy groups -OCH3 is 1. The molecular weight excluding hydrogens is 598 g/mol. The molecule has 1 amide bonds. The molecule has 2 fully saturated rings. The maximum atomic E-state index is 12.6. The van der Waals surface area contributed by atoms with Crippen molar-refractivity contribution in [2.45, 2.75) is 25.8 Å². The number of nitrogens with zero attached hydrogens (tertiary/aromatic N) is 7. The normalized spacial score (nSPS) is 15.9. The molecule has 0 bridgehead atoms. The van der Waals surface area contributed by atoms with Crippen molar-refractivity contribution in [2.75, 3.05) is 62.0 Å². The average molecular weight is 636 g/mol. The van der Waals surface area contributed by atoms with E-state index in [1.165, 1.54) is 12.4 Å². The quantitative estimate of drug-likeness (QED) is 0.213. The first kappa shape index (κ1) is 30.4. The summed E-state index contributed by atoms with van der Waals surface area (Å²) in [6, 6.07) is 11.9. The monoisotopic (exact) mass is 635 g/mol. The van der Waals surface area contributed by atoms with Crippen LogP contribution >= 0.6 is 0 Å². The van der Waals surface area contributed by atoms with Crippen molar-refractivity contribution >= 4 is 45.3 Å². The van der Waals surface area contributed by atoms with Gasteiger partial charge in [-0.15, -0.1) is 0 Å². The minimum atomic E-state index is -0.281. The maximum Gasteiger partial charge on any atom is 0.247 e. The van der Waals surface area contributed by atoms with Crippen LogP contribution in [0, 0.1) is 6.92 Å². The van der Waals surface area contributed by atoms with Crippen molar-refractivity contribution in [1.29, 1.82) is 0 Å². The van der Waals surface area contributed by atoms with Crippen LogP contribution in [0.1, 0.15) is 18.4 Å². The fourth-order valence-electron chi connectivity index (χ4n) is 6.31. The number of carbonyl (C=O) groups excluding carboxylic acids is 1. The molecule has 2 N–H and O–H groups in total. The largest absolute Gasteiger partial charge is 0.494 e. The Hall–Kier alpha value is -5.27. The molecule has 2 aliphatic rings. The zero-order valence-electron chi connectivity index (χ0n) is 26.5. The van der Waals surface area contributed by atoms with Crippen molar-refractivity contribution in [1.82, 2.24) is 29.5 Å². The van der Waals surface area contributed by atoms with Gasteiger partial charge in [0.05, 0.1) is 42.9 Å². The van der Waals surface area contributed by atoms with Crippen LogP contribution in [0.25, 0.3) is 16.6 Å². The molecule has 0 saturated carbocycles. The first-order chi connectivity index (χ1) is 23.0. The molecule has 13 nitrogen and oxygen atoms in total. The van der Waals surface area contributed by atoms with E-state index in [0.29, 0.717) is 46.1 Å². The Labute approximate surface area is 272 Å². The van der Waals surface area contributed by atoms with Crippen LogP contribution < -0.4 is 25.0 Å². The number of hydrogen-bond acceptors (Lipinski definition) is 11. The number of rotatable bonds is 9. The summed E-state index contributed by atoms with van der Waals surface area (Å²) in [5, 5.41) is 11.4. The van der Waals surface area contributed by atoms with E-state index >= 15 is 0 Å². The van der Waals surface area contributed by atoms with Gasteiger partial charge in [0.2, 0.25) is 5.91 Å². The van der Waals surface area contributed by atoms with Crippen LogP contribution in [0.15, 0.2) is 67.9 Å². The highest BCUT2D eigenvalue weighted by Gasteiger charge is 2.27. The lowest BCUT2D eigenvalue weighted by Gasteiger charge is -2.41. The van der Waals surface area contributed by atoms with Gasteiger partial charge in [0.15, 0.2) is 5.65 Å². The zero-order chi connectivity index (χ0) is 32.3. The van der Waals surface area contributed by atoms with Crippen LogP contribution in [-0.4, -0.2) is 87.9 Å². The molecule has 0 aliphatic carbocycles. The van der Waals surface area contributed by atoms with Gasteiger partial charge < -0.3 is 29.7 Å². The van der Waals surface area contributed by atoms with E-state index in [0.717, 1.165) is 74.4 Å². The predicted octanol–water partition coefficient (Wildman–Crippen LogP) is 4.95. The standard InChI is InChI=1S/C34H37N9O4/c1-4-33(44)39-27-17-25-26(18-29(27)42-8-5-23(6-9-42)41-11-13-46-14-12-41)35-20-37-34(25)40-28-15-22(2)30(19-31(28)45-3)47-24-7-10-43-32(16-24)36-21-38-43/h4,7,10,15-21,23H,1,5-6,8-9,11-14H2,2-3H3,(H,39,44)(H,35,37,40). The highest BCUT2D eigenvalue weighted by molar-refractivity contribution is 6.05. The number of piperidine rings is 1. The molecule has 7 rings (SSSR count). The number of anilines is 4. The summed E-state index contributed by atoms with van der Waals surface area (Å²) < 4.78 is 19.2. The van der Waals surface area contributed by atoms with E-state index in [1.54, 1.807) is 24.1 Å². The van der Waals surface area contributed by atoms with Gasteiger partial charge >= 0.3 is 0 Å². The highest BCUT2D eigenvalue weighted by Crippen LogP contribution is 2.39. The fourth-order valence-corrected chi connectivity index (χ4v) is 6.31. The molecule has 0 radical (unpaired) electrons. The van der Waals surface area contributed by atoms with Gasteiger partial charge in [-0.1, -0.05) is 6.58 Å². The lowest BCUT2D eigenvalue weighted by atomic mass is 10.0. The van der Waals surface area contributed by atoms with Gasteiger partial charge in [0, 0.05) is 55.9 Å². The van der Waals surface area contributed by atoms with E-state index in [2.05, 4.69) is 47.1 Å².